The standard InChI is InChI=1S/C10H10N2O/c13-9-6-12-5-7-3-1-2-4-8(7)10(12)11-9/h1-4,10H,5-6H2,(H,11,13). The maximum Gasteiger partial charge on any atom is 0.235 e. The zero-order chi connectivity index (χ0) is 8.84. The molecule has 0 saturated carbocycles. The highest BCUT2D eigenvalue weighted by Gasteiger charge is 2.36. The monoisotopic (exact) mass is 174 g/mol. The van der Waals surface area contributed by atoms with Crippen LogP contribution in [-0.2, 0) is 11.3 Å². The predicted octanol–water partition coefficient (Wildman–Crippen LogP) is 0.631. The lowest BCUT2D eigenvalue weighted by atomic mass is 10.1. The molecule has 0 aliphatic carbocycles. The van der Waals surface area contributed by atoms with Gasteiger partial charge in [0.05, 0.1) is 6.54 Å². The van der Waals surface area contributed by atoms with Crippen LogP contribution in [0.15, 0.2) is 24.3 Å². The van der Waals surface area contributed by atoms with Crippen LogP contribution in [0.3, 0.4) is 0 Å². The van der Waals surface area contributed by atoms with E-state index in [4.69, 9.17) is 0 Å². The number of carbonyl (C=O) groups excluding carboxylic acids is 1. The third-order valence-corrected chi connectivity index (χ3v) is 2.73. The van der Waals surface area contributed by atoms with Gasteiger partial charge in [-0.3, -0.25) is 9.69 Å². The van der Waals surface area contributed by atoms with Gasteiger partial charge in [0.15, 0.2) is 0 Å². The van der Waals surface area contributed by atoms with Crippen LogP contribution in [0.1, 0.15) is 17.3 Å². The second kappa shape index (κ2) is 2.33. The van der Waals surface area contributed by atoms with Crippen LogP contribution < -0.4 is 5.32 Å². The topological polar surface area (TPSA) is 32.3 Å². The maximum absolute atomic E-state index is 11.1. The van der Waals surface area contributed by atoms with Gasteiger partial charge in [-0.25, -0.2) is 0 Å². The van der Waals surface area contributed by atoms with Gasteiger partial charge in [-0.1, -0.05) is 24.3 Å². The summed E-state index contributed by atoms with van der Waals surface area (Å²) >= 11 is 0. The molecule has 1 amide bonds. The van der Waals surface area contributed by atoms with Crippen molar-refractivity contribution in [2.45, 2.75) is 12.7 Å². The molecule has 1 aromatic rings. The highest BCUT2D eigenvalue weighted by molar-refractivity contribution is 5.81. The second-order valence-electron chi connectivity index (χ2n) is 3.57. The Balaban J connectivity index is 2.06. The Hall–Kier alpha value is -1.35. The molecule has 2 heterocycles. The number of carbonyl (C=O) groups is 1. The van der Waals surface area contributed by atoms with Crippen LogP contribution in [0.5, 0.6) is 0 Å². The van der Waals surface area contributed by atoms with Gasteiger partial charge in [0.25, 0.3) is 0 Å². The van der Waals surface area contributed by atoms with E-state index in [1.165, 1.54) is 11.1 Å². The summed E-state index contributed by atoms with van der Waals surface area (Å²) in [5, 5.41) is 2.96. The number of amides is 1. The third kappa shape index (κ3) is 0.906. The van der Waals surface area contributed by atoms with E-state index in [2.05, 4.69) is 22.3 Å². The zero-order valence-corrected chi connectivity index (χ0v) is 7.16. The lowest BCUT2D eigenvalue weighted by Gasteiger charge is -2.12. The van der Waals surface area contributed by atoms with Gasteiger partial charge in [-0.05, 0) is 11.1 Å². The van der Waals surface area contributed by atoms with Crippen molar-refractivity contribution in [1.82, 2.24) is 10.2 Å². The normalized spacial score (nSPS) is 25.5. The highest BCUT2D eigenvalue weighted by Crippen LogP contribution is 2.33. The van der Waals surface area contributed by atoms with Gasteiger partial charge in [0.1, 0.15) is 6.17 Å². The van der Waals surface area contributed by atoms with Crippen LogP contribution in [0, 0.1) is 0 Å². The molecule has 2 aliphatic heterocycles. The van der Waals surface area contributed by atoms with E-state index in [1.54, 1.807) is 0 Å². The second-order valence-corrected chi connectivity index (χ2v) is 3.57. The molecule has 1 aromatic carbocycles. The van der Waals surface area contributed by atoms with Gasteiger partial charge in [-0.2, -0.15) is 0 Å². The summed E-state index contributed by atoms with van der Waals surface area (Å²) in [5.41, 5.74) is 2.60. The number of benzene rings is 1. The Kier molecular flexibility index (Phi) is 1.27. The van der Waals surface area contributed by atoms with Crippen LogP contribution in [0.25, 0.3) is 0 Å². The van der Waals surface area contributed by atoms with E-state index < -0.39 is 0 Å². The van der Waals surface area contributed by atoms with Crippen molar-refractivity contribution in [1.29, 1.82) is 0 Å². The van der Waals surface area contributed by atoms with Crippen molar-refractivity contribution < 1.29 is 4.79 Å². The molecule has 1 saturated heterocycles. The van der Waals surface area contributed by atoms with E-state index >= 15 is 0 Å². The molecule has 1 N–H and O–H groups in total. The van der Waals surface area contributed by atoms with Crippen molar-refractivity contribution in [2.24, 2.45) is 0 Å². The summed E-state index contributed by atoms with van der Waals surface area (Å²) < 4.78 is 0. The summed E-state index contributed by atoms with van der Waals surface area (Å²) in [6.07, 6.45) is 0.142. The Morgan fingerprint density at radius 3 is 3.08 bits per heavy atom. The summed E-state index contributed by atoms with van der Waals surface area (Å²) in [6.45, 7) is 1.44. The molecule has 0 radical (unpaired) electrons. The largest absolute Gasteiger partial charge is 0.335 e. The quantitative estimate of drug-likeness (QED) is 0.625. The summed E-state index contributed by atoms with van der Waals surface area (Å²) in [6, 6.07) is 8.28. The Morgan fingerprint density at radius 2 is 2.15 bits per heavy atom. The maximum atomic E-state index is 11.1. The molecule has 1 atom stereocenters. The molecular formula is C10H10N2O. The third-order valence-electron chi connectivity index (χ3n) is 2.73. The van der Waals surface area contributed by atoms with E-state index in [0.717, 1.165) is 6.54 Å². The highest BCUT2D eigenvalue weighted by atomic mass is 16.2. The molecule has 0 spiro atoms. The first-order chi connectivity index (χ1) is 6.34. The fourth-order valence-electron chi connectivity index (χ4n) is 2.15. The van der Waals surface area contributed by atoms with Crippen LogP contribution in [0.4, 0.5) is 0 Å². The molecule has 0 aromatic heterocycles. The number of nitrogens with zero attached hydrogens (tertiary/aromatic N) is 1. The molecule has 13 heavy (non-hydrogen) atoms. The minimum absolute atomic E-state index is 0.138. The Labute approximate surface area is 76.4 Å². The van der Waals surface area contributed by atoms with E-state index in [9.17, 15) is 4.79 Å². The molecule has 66 valence electrons. The fourth-order valence-corrected chi connectivity index (χ4v) is 2.15. The molecule has 1 unspecified atom stereocenters. The van der Waals surface area contributed by atoms with Crippen molar-refractivity contribution >= 4 is 5.91 Å². The molecular weight excluding hydrogens is 164 g/mol. The average Bonchev–Trinajstić information content (AvgIpc) is 2.60. The van der Waals surface area contributed by atoms with Crippen LogP contribution in [-0.4, -0.2) is 17.4 Å². The van der Waals surface area contributed by atoms with Crippen molar-refractivity contribution in [2.75, 3.05) is 6.54 Å². The molecule has 3 heteroatoms. The summed E-state index contributed by atoms with van der Waals surface area (Å²) in [4.78, 5) is 13.3. The Morgan fingerprint density at radius 1 is 1.31 bits per heavy atom. The predicted molar refractivity (Wildman–Crippen MR) is 47.7 cm³/mol. The average molecular weight is 174 g/mol. The lowest BCUT2D eigenvalue weighted by Crippen LogP contribution is -2.20. The minimum atomic E-state index is 0.138. The fraction of sp³-hybridized carbons (Fsp3) is 0.300. The molecule has 0 bridgehead atoms. The number of nitrogens with one attached hydrogen (secondary N) is 1. The van der Waals surface area contributed by atoms with E-state index in [-0.39, 0.29) is 12.1 Å². The summed E-state index contributed by atoms with van der Waals surface area (Å²) in [5.74, 6) is 0.138. The summed E-state index contributed by atoms with van der Waals surface area (Å²) in [7, 11) is 0. The van der Waals surface area contributed by atoms with Gasteiger partial charge in [0.2, 0.25) is 5.91 Å². The SMILES string of the molecule is O=C1CN2Cc3ccccc3C2N1. The first kappa shape index (κ1) is 7.09. The van der Waals surface area contributed by atoms with Gasteiger partial charge in [0, 0.05) is 6.54 Å². The van der Waals surface area contributed by atoms with Crippen molar-refractivity contribution in [3.05, 3.63) is 35.4 Å². The van der Waals surface area contributed by atoms with E-state index in [0.29, 0.717) is 6.54 Å². The number of hydrogen-bond donors (Lipinski definition) is 1. The smallest absolute Gasteiger partial charge is 0.235 e. The van der Waals surface area contributed by atoms with Gasteiger partial charge in [-0.15, -0.1) is 0 Å². The first-order valence-corrected chi connectivity index (χ1v) is 4.46. The number of hydrogen-bond acceptors (Lipinski definition) is 2. The minimum Gasteiger partial charge on any atom is -0.335 e. The van der Waals surface area contributed by atoms with Crippen LogP contribution >= 0.6 is 0 Å². The zero-order valence-electron chi connectivity index (χ0n) is 7.16. The molecule has 1 fully saturated rings. The van der Waals surface area contributed by atoms with Gasteiger partial charge < -0.3 is 5.32 Å². The van der Waals surface area contributed by atoms with Crippen molar-refractivity contribution in [3.8, 4) is 0 Å². The van der Waals surface area contributed by atoms with Crippen LogP contribution in [0.2, 0.25) is 0 Å². The van der Waals surface area contributed by atoms with E-state index in [1.807, 2.05) is 12.1 Å². The van der Waals surface area contributed by atoms with Gasteiger partial charge >= 0.3 is 0 Å². The molecule has 2 aliphatic rings. The molecule has 3 rings (SSSR count). The molecule has 3 nitrogen and oxygen atoms in total. The Bertz CT molecular complexity index is 375. The first-order valence-electron chi connectivity index (χ1n) is 4.46. The number of rotatable bonds is 0. The lowest BCUT2D eigenvalue weighted by molar-refractivity contribution is -0.118. The number of fused-ring (bicyclic) bond motifs is 3. The van der Waals surface area contributed by atoms with Crippen molar-refractivity contribution in [3.63, 3.8) is 0 Å².